The summed E-state index contributed by atoms with van der Waals surface area (Å²) in [6.45, 7) is 3.03. The number of rotatable bonds is 7. The second kappa shape index (κ2) is 10.1. The Morgan fingerprint density at radius 1 is 1.12 bits per heavy atom. The Balaban J connectivity index is 1.32. The number of aromatic nitrogens is 2. The lowest BCUT2D eigenvalue weighted by atomic mass is 9.97. The Hall–Kier alpha value is -2.68. The van der Waals surface area contributed by atoms with Gasteiger partial charge in [0, 0.05) is 43.0 Å². The number of hydrogen-bond donors (Lipinski definition) is 1. The first-order valence-electron chi connectivity index (χ1n) is 10.9. The molecule has 0 aliphatic carbocycles. The molecule has 9 heteroatoms. The number of carbonyl (C=O) groups is 1. The van der Waals surface area contributed by atoms with Crippen LogP contribution in [0.3, 0.4) is 0 Å². The fourth-order valence-electron chi connectivity index (χ4n) is 4.13. The number of hydrogen-bond acceptors (Lipinski definition) is 4. The second-order valence-corrected chi connectivity index (χ2v) is 10.7. The summed E-state index contributed by atoms with van der Waals surface area (Å²) in [7, 11) is -3.44. The van der Waals surface area contributed by atoms with Crippen LogP contribution in [0.1, 0.15) is 29.8 Å². The number of piperidine rings is 1. The lowest BCUT2D eigenvalue weighted by molar-refractivity contribution is -0.126. The van der Waals surface area contributed by atoms with Crippen LogP contribution >= 0.6 is 11.6 Å². The van der Waals surface area contributed by atoms with Crippen molar-refractivity contribution in [2.45, 2.75) is 32.1 Å². The second-order valence-electron chi connectivity index (χ2n) is 8.25. The molecule has 1 saturated heterocycles. The maximum absolute atomic E-state index is 12.8. The van der Waals surface area contributed by atoms with E-state index in [2.05, 4.69) is 10.3 Å². The van der Waals surface area contributed by atoms with E-state index in [0.29, 0.717) is 43.1 Å². The number of benzene rings is 2. The molecule has 7 nitrogen and oxygen atoms in total. The molecule has 0 saturated carbocycles. The Bertz CT molecular complexity index is 1220. The minimum Gasteiger partial charge on any atom is -0.352 e. The number of aryl methyl sites for hydroxylation is 1. The van der Waals surface area contributed by atoms with Gasteiger partial charge in [-0.1, -0.05) is 41.9 Å². The molecule has 0 unspecified atom stereocenters. The Morgan fingerprint density at radius 2 is 1.82 bits per heavy atom. The summed E-state index contributed by atoms with van der Waals surface area (Å²) in [4.78, 5) is 17.1. The van der Waals surface area contributed by atoms with Crippen LogP contribution in [0, 0.1) is 12.8 Å². The molecule has 1 N–H and O–H groups in total. The zero-order valence-corrected chi connectivity index (χ0v) is 20.0. The summed E-state index contributed by atoms with van der Waals surface area (Å²) in [5.74, 6) is 0.572. The maximum Gasteiger partial charge on any atom is 0.223 e. The maximum atomic E-state index is 12.8. The number of halogens is 1. The summed E-state index contributed by atoms with van der Waals surface area (Å²) >= 11 is 5.88. The van der Waals surface area contributed by atoms with Crippen LogP contribution in [0.15, 0.2) is 60.9 Å². The Morgan fingerprint density at radius 3 is 2.48 bits per heavy atom. The van der Waals surface area contributed by atoms with Gasteiger partial charge in [-0.3, -0.25) is 4.79 Å². The number of nitrogens with zero attached hydrogens (tertiary/aromatic N) is 3. The number of carbonyl (C=O) groups excluding carboxylic acids is 1. The van der Waals surface area contributed by atoms with E-state index in [1.165, 1.54) is 4.31 Å². The molecule has 0 spiro atoms. The van der Waals surface area contributed by atoms with Crippen molar-refractivity contribution in [3.63, 3.8) is 0 Å². The van der Waals surface area contributed by atoms with Crippen LogP contribution in [0.2, 0.25) is 5.02 Å². The van der Waals surface area contributed by atoms with Crippen molar-refractivity contribution in [1.29, 1.82) is 0 Å². The van der Waals surface area contributed by atoms with Crippen molar-refractivity contribution in [3.8, 4) is 5.69 Å². The largest absolute Gasteiger partial charge is 0.352 e. The van der Waals surface area contributed by atoms with Gasteiger partial charge in [0.1, 0.15) is 5.82 Å². The van der Waals surface area contributed by atoms with E-state index in [4.69, 9.17) is 11.6 Å². The SMILES string of the molecule is Cc1nccn1-c1ccccc1CNC(=O)C1CCN(S(=O)(=O)Cc2ccc(Cl)cc2)CC1. The molecule has 4 rings (SSSR count). The standard InChI is InChI=1S/C24H27ClN4O3S/c1-18-26-12-15-29(18)23-5-3-2-4-21(23)16-27-24(30)20-10-13-28(14-11-20)33(31,32)17-19-6-8-22(25)9-7-19/h2-9,12,15,20H,10-11,13-14,16-17H2,1H3,(H,27,30). The van der Waals surface area contributed by atoms with Crippen molar-refractivity contribution in [3.05, 3.63) is 82.9 Å². The van der Waals surface area contributed by atoms with Gasteiger partial charge in [-0.15, -0.1) is 0 Å². The normalized spacial score (nSPS) is 15.5. The third-order valence-electron chi connectivity index (χ3n) is 6.01. The number of imidazole rings is 1. The zero-order valence-electron chi connectivity index (χ0n) is 18.4. The van der Waals surface area contributed by atoms with E-state index in [9.17, 15) is 13.2 Å². The Labute approximate surface area is 199 Å². The number of para-hydroxylation sites is 1. The highest BCUT2D eigenvalue weighted by atomic mass is 35.5. The first-order valence-corrected chi connectivity index (χ1v) is 12.9. The summed E-state index contributed by atoms with van der Waals surface area (Å²) in [6, 6.07) is 14.7. The molecule has 1 aromatic heterocycles. The van der Waals surface area contributed by atoms with E-state index >= 15 is 0 Å². The van der Waals surface area contributed by atoms with Crippen LogP contribution in [0.5, 0.6) is 0 Å². The van der Waals surface area contributed by atoms with E-state index in [-0.39, 0.29) is 17.6 Å². The number of amides is 1. The van der Waals surface area contributed by atoms with Gasteiger partial charge in [-0.05, 0) is 49.1 Å². The minimum absolute atomic E-state index is 0.0399. The molecule has 2 heterocycles. The molecule has 0 atom stereocenters. The van der Waals surface area contributed by atoms with Gasteiger partial charge in [0.2, 0.25) is 15.9 Å². The van der Waals surface area contributed by atoms with Gasteiger partial charge < -0.3 is 9.88 Å². The van der Waals surface area contributed by atoms with Gasteiger partial charge in [0.15, 0.2) is 0 Å². The predicted molar refractivity (Wildman–Crippen MR) is 129 cm³/mol. The average Bonchev–Trinajstić information content (AvgIpc) is 3.25. The van der Waals surface area contributed by atoms with Crippen LogP contribution in [0.4, 0.5) is 0 Å². The quantitative estimate of drug-likeness (QED) is 0.552. The van der Waals surface area contributed by atoms with Crippen molar-refractivity contribution >= 4 is 27.5 Å². The average molecular weight is 487 g/mol. The molecular weight excluding hydrogens is 460 g/mol. The predicted octanol–water partition coefficient (Wildman–Crippen LogP) is 3.69. The monoisotopic (exact) mass is 486 g/mol. The minimum atomic E-state index is -3.44. The van der Waals surface area contributed by atoms with E-state index in [1.807, 2.05) is 42.0 Å². The topological polar surface area (TPSA) is 84.3 Å². The molecule has 1 aliphatic rings. The highest BCUT2D eigenvalue weighted by Gasteiger charge is 2.31. The summed E-state index contributed by atoms with van der Waals surface area (Å²) < 4.78 is 29.1. The van der Waals surface area contributed by atoms with Crippen LogP contribution < -0.4 is 5.32 Å². The van der Waals surface area contributed by atoms with E-state index in [1.54, 1.807) is 30.5 Å². The van der Waals surface area contributed by atoms with Gasteiger partial charge in [0.05, 0.1) is 11.4 Å². The van der Waals surface area contributed by atoms with E-state index in [0.717, 1.165) is 17.1 Å². The third kappa shape index (κ3) is 5.63. The van der Waals surface area contributed by atoms with E-state index < -0.39 is 10.0 Å². The third-order valence-corrected chi connectivity index (χ3v) is 8.11. The van der Waals surface area contributed by atoms with Gasteiger partial charge >= 0.3 is 0 Å². The first kappa shape index (κ1) is 23.5. The number of nitrogens with one attached hydrogen (secondary N) is 1. The smallest absolute Gasteiger partial charge is 0.223 e. The molecule has 174 valence electrons. The Kier molecular flexibility index (Phi) is 7.17. The molecule has 1 amide bonds. The lowest BCUT2D eigenvalue weighted by Crippen LogP contribution is -2.43. The fraction of sp³-hybridized carbons (Fsp3) is 0.333. The van der Waals surface area contributed by atoms with Crippen LogP contribution in [-0.4, -0.2) is 41.3 Å². The summed E-state index contributed by atoms with van der Waals surface area (Å²) in [5, 5.41) is 3.61. The van der Waals surface area contributed by atoms with Crippen molar-refractivity contribution < 1.29 is 13.2 Å². The first-order chi connectivity index (χ1) is 15.8. The lowest BCUT2D eigenvalue weighted by Gasteiger charge is -2.30. The van der Waals surface area contributed by atoms with Crippen molar-refractivity contribution in [2.75, 3.05) is 13.1 Å². The van der Waals surface area contributed by atoms with Crippen molar-refractivity contribution in [1.82, 2.24) is 19.2 Å². The van der Waals surface area contributed by atoms with Crippen LogP contribution in [-0.2, 0) is 27.1 Å². The molecule has 0 bridgehead atoms. The molecular formula is C24H27ClN4O3S. The molecule has 1 aliphatic heterocycles. The summed E-state index contributed by atoms with van der Waals surface area (Å²) in [6.07, 6.45) is 4.66. The van der Waals surface area contributed by atoms with Gasteiger partial charge in [-0.2, -0.15) is 0 Å². The molecule has 1 fully saturated rings. The fourth-order valence-corrected chi connectivity index (χ4v) is 5.82. The molecule has 0 radical (unpaired) electrons. The molecule has 33 heavy (non-hydrogen) atoms. The highest BCUT2D eigenvalue weighted by molar-refractivity contribution is 7.88. The molecule has 2 aromatic carbocycles. The number of sulfonamides is 1. The van der Waals surface area contributed by atoms with Gasteiger partial charge in [0.25, 0.3) is 0 Å². The van der Waals surface area contributed by atoms with Gasteiger partial charge in [-0.25, -0.2) is 17.7 Å². The van der Waals surface area contributed by atoms with Crippen molar-refractivity contribution in [2.24, 2.45) is 5.92 Å². The molecule has 3 aromatic rings. The zero-order chi connectivity index (χ0) is 23.4. The summed E-state index contributed by atoms with van der Waals surface area (Å²) in [5.41, 5.74) is 2.68. The van der Waals surface area contributed by atoms with Crippen LogP contribution in [0.25, 0.3) is 5.69 Å². The highest BCUT2D eigenvalue weighted by Crippen LogP contribution is 2.23.